The van der Waals surface area contributed by atoms with Gasteiger partial charge in [0.05, 0.1) is 6.54 Å². The van der Waals surface area contributed by atoms with Crippen LogP contribution in [0.25, 0.3) is 0 Å². The van der Waals surface area contributed by atoms with Crippen LogP contribution in [-0.4, -0.2) is 23.2 Å². The highest BCUT2D eigenvalue weighted by molar-refractivity contribution is 7.09. The molecule has 1 fully saturated rings. The third kappa shape index (κ3) is 2.10. The number of nitrogens with zero attached hydrogens (tertiary/aromatic N) is 1. The van der Waals surface area contributed by atoms with Gasteiger partial charge in [-0.3, -0.25) is 4.79 Å². The van der Waals surface area contributed by atoms with Gasteiger partial charge in [-0.15, -0.1) is 22.9 Å². The van der Waals surface area contributed by atoms with Crippen LogP contribution in [0, 0.1) is 5.92 Å². The van der Waals surface area contributed by atoms with Gasteiger partial charge in [0.25, 0.3) is 0 Å². The summed E-state index contributed by atoms with van der Waals surface area (Å²) in [7, 11) is 0. The first-order valence-corrected chi connectivity index (χ1v) is 6.07. The molecule has 0 radical (unpaired) electrons. The number of likely N-dealkylation sites (tertiary alicyclic amines) is 1. The van der Waals surface area contributed by atoms with Gasteiger partial charge in [0, 0.05) is 23.7 Å². The van der Waals surface area contributed by atoms with Crippen LogP contribution < -0.4 is 0 Å². The third-order valence-electron chi connectivity index (χ3n) is 2.44. The van der Waals surface area contributed by atoms with Crippen molar-refractivity contribution >= 4 is 28.8 Å². The molecule has 0 bridgehead atoms. The van der Waals surface area contributed by atoms with Crippen LogP contribution in [-0.2, 0) is 11.3 Å². The van der Waals surface area contributed by atoms with Gasteiger partial charge in [-0.05, 0) is 17.4 Å². The summed E-state index contributed by atoms with van der Waals surface area (Å²) < 4.78 is 0. The second kappa shape index (κ2) is 4.32. The second-order valence-electron chi connectivity index (χ2n) is 3.58. The van der Waals surface area contributed by atoms with Crippen molar-refractivity contribution < 1.29 is 4.79 Å². The average molecular weight is 230 g/mol. The molecule has 0 N–H and O–H groups in total. The van der Waals surface area contributed by atoms with E-state index < -0.39 is 0 Å². The van der Waals surface area contributed by atoms with Crippen LogP contribution in [0.1, 0.15) is 11.3 Å². The van der Waals surface area contributed by atoms with Gasteiger partial charge >= 0.3 is 0 Å². The molecule has 1 atom stereocenters. The summed E-state index contributed by atoms with van der Waals surface area (Å²) in [6.07, 6.45) is 0.620. The highest BCUT2D eigenvalue weighted by atomic mass is 35.5. The Morgan fingerprint density at radius 1 is 1.64 bits per heavy atom. The van der Waals surface area contributed by atoms with Crippen LogP contribution in [0.5, 0.6) is 0 Å². The van der Waals surface area contributed by atoms with Crippen molar-refractivity contribution in [2.45, 2.75) is 13.0 Å². The molecule has 2 heterocycles. The molecule has 4 heteroatoms. The molecule has 0 saturated carbocycles. The summed E-state index contributed by atoms with van der Waals surface area (Å²) in [5.41, 5.74) is 0. The number of halogens is 1. The summed E-state index contributed by atoms with van der Waals surface area (Å²) in [5, 5.41) is 2.04. The van der Waals surface area contributed by atoms with Crippen LogP contribution in [0.2, 0.25) is 0 Å². The number of rotatable bonds is 3. The molecule has 1 amide bonds. The number of thiophene rings is 1. The molecule has 1 aliphatic rings. The molecule has 1 aromatic heterocycles. The molecular weight excluding hydrogens is 218 g/mol. The summed E-state index contributed by atoms with van der Waals surface area (Å²) in [4.78, 5) is 14.7. The monoisotopic (exact) mass is 229 g/mol. The average Bonchev–Trinajstić information content (AvgIpc) is 2.78. The van der Waals surface area contributed by atoms with E-state index in [0.29, 0.717) is 18.2 Å². The molecule has 1 aromatic rings. The lowest BCUT2D eigenvalue weighted by atomic mass is 10.1. The fraction of sp³-hybridized carbons (Fsp3) is 0.500. The number of carbonyl (C=O) groups is 1. The van der Waals surface area contributed by atoms with Crippen molar-refractivity contribution in [3.63, 3.8) is 0 Å². The minimum atomic E-state index is 0.240. The lowest BCUT2D eigenvalue weighted by Gasteiger charge is -2.14. The zero-order chi connectivity index (χ0) is 9.97. The van der Waals surface area contributed by atoms with Crippen LogP contribution in [0.3, 0.4) is 0 Å². The first kappa shape index (κ1) is 9.99. The summed E-state index contributed by atoms with van der Waals surface area (Å²) in [6, 6.07) is 4.07. The molecule has 1 unspecified atom stereocenters. The van der Waals surface area contributed by atoms with Gasteiger partial charge < -0.3 is 4.90 Å². The van der Waals surface area contributed by atoms with Gasteiger partial charge in [0.2, 0.25) is 5.91 Å². The highest BCUT2D eigenvalue weighted by Gasteiger charge is 2.28. The maximum Gasteiger partial charge on any atom is 0.223 e. The largest absolute Gasteiger partial charge is 0.337 e. The molecule has 0 aliphatic carbocycles. The summed E-state index contributed by atoms with van der Waals surface area (Å²) >= 11 is 7.44. The van der Waals surface area contributed by atoms with Gasteiger partial charge in [-0.1, -0.05) is 6.07 Å². The molecule has 76 valence electrons. The number of hydrogen-bond acceptors (Lipinski definition) is 2. The van der Waals surface area contributed by atoms with Crippen LogP contribution >= 0.6 is 22.9 Å². The van der Waals surface area contributed by atoms with Gasteiger partial charge in [0.15, 0.2) is 0 Å². The maximum atomic E-state index is 11.5. The Balaban J connectivity index is 1.96. The molecular formula is C10H12ClNOS. The molecule has 0 spiro atoms. The van der Waals surface area contributed by atoms with Crippen LogP contribution in [0.4, 0.5) is 0 Å². The maximum absolute atomic E-state index is 11.5. The highest BCUT2D eigenvalue weighted by Crippen LogP contribution is 2.22. The van der Waals surface area contributed by atoms with Crippen molar-refractivity contribution in [2.75, 3.05) is 12.4 Å². The zero-order valence-electron chi connectivity index (χ0n) is 7.78. The molecule has 1 aliphatic heterocycles. The number of hydrogen-bond donors (Lipinski definition) is 0. The Labute approximate surface area is 92.5 Å². The smallest absolute Gasteiger partial charge is 0.223 e. The first-order valence-electron chi connectivity index (χ1n) is 4.65. The molecule has 14 heavy (non-hydrogen) atoms. The Kier molecular flexibility index (Phi) is 3.08. The first-order chi connectivity index (χ1) is 6.79. The van der Waals surface area contributed by atoms with Gasteiger partial charge in [0.1, 0.15) is 0 Å². The molecule has 2 rings (SSSR count). The fourth-order valence-corrected chi connectivity index (χ4v) is 2.63. The van der Waals surface area contributed by atoms with E-state index in [4.69, 9.17) is 11.6 Å². The Morgan fingerprint density at radius 2 is 2.50 bits per heavy atom. The number of carbonyl (C=O) groups excluding carboxylic acids is 1. The van der Waals surface area contributed by atoms with Crippen molar-refractivity contribution in [3.05, 3.63) is 22.4 Å². The predicted octanol–water partition coefficient (Wildman–Crippen LogP) is 2.34. The normalized spacial score (nSPS) is 21.9. The second-order valence-corrected chi connectivity index (χ2v) is 4.92. The minimum absolute atomic E-state index is 0.240. The summed E-state index contributed by atoms with van der Waals surface area (Å²) in [6.45, 7) is 1.57. The summed E-state index contributed by atoms with van der Waals surface area (Å²) in [5.74, 6) is 1.18. The number of amides is 1. The Bertz CT molecular complexity index is 312. The van der Waals surface area contributed by atoms with E-state index in [1.165, 1.54) is 4.88 Å². The molecule has 0 aromatic carbocycles. The van der Waals surface area contributed by atoms with Crippen LogP contribution in [0.15, 0.2) is 17.5 Å². The Morgan fingerprint density at radius 3 is 3.07 bits per heavy atom. The molecule has 1 saturated heterocycles. The van der Waals surface area contributed by atoms with Crippen molar-refractivity contribution in [1.29, 1.82) is 0 Å². The van der Waals surface area contributed by atoms with Gasteiger partial charge in [-0.2, -0.15) is 0 Å². The SMILES string of the molecule is O=C1CC(CCl)CN1Cc1cccs1. The van der Waals surface area contributed by atoms with Crippen molar-refractivity contribution in [3.8, 4) is 0 Å². The lowest BCUT2D eigenvalue weighted by Crippen LogP contribution is -2.24. The topological polar surface area (TPSA) is 20.3 Å². The molecule has 2 nitrogen and oxygen atoms in total. The number of alkyl halides is 1. The van der Waals surface area contributed by atoms with E-state index in [1.54, 1.807) is 11.3 Å². The quantitative estimate of drug-likeness (QED) is 0.729. The Hall–Kier alpha value is -0.540. The zero-order valence-corrected chi connectivity index (χ0v) is 9.35. The van der Waals surface area contributed by atoms with Crippen molar-refractivity contribution in [1.82, 2.24) is 4.90 Å². The van der Waals surface area contributed by atoms with Crippen molar-refractivity contribution in [2.24, 2.45) is 5.92 Å². The lowest BCUT2D eigenvalue weighted by molar-refractivity contribution is -0.128. The van der Waals surface area contributed by atoms with E-state index in [9.17, 15) is 4.79 Å². The minimum Gasteiger partial charge on any atom is -0.337 e. The third-order valence-corrected chi connectivity index (χ3v) is 3.74. The van der Waals surface area contributed by atoms with E-state index in [1.807, 2.05) is 16.3 Å². The van der Waals surface area contributed by atoms with E-state index in [0.717, 1.165) is 13.1 Å². The fourth-order valence-electron chi connectivity index (χ4n) is 1.70. The van der Waals surface area contributed by atoms with E-state index in [-0.39, 0.29) is 5.91 Å². The predicted molar refractivity (Wildman–Crippen MR) is 58.6 cm³/mol. The standard InChI is InChI=1S/C10H12ClNOS/c11-5-8-4-10(13)12(6-8)7-9-2-1-3-14-9/h1-3,8H,4-7H2. The van der Waals surface area contributed by atoms with E-state index >= 15 is 0 Å². The van der Waals surface area contributed by atoms with E-state index in [2.05, 4.69) is 6.07 Å². The van der Waals surface area contributed by atoms with Gasteiger partial charge in [-0.25, -0.2) is 0 Å².